The Morgan fingerprint density at radius 3 is 2.54 bits per heavy atom. The Morgan fingerprint density at radius 2 is 1.92 bits per heavy atom. The van der Waals surface area contributed by atoms with Crippen LogP contribution in [-0.4, -0.2) is 63.3 Å². The molecule has 7 nitrogen and oxygen atoms in total. The summed E-state index contributed by atoms with van der Waals surface area (Å²) in [5.41, 5.74) is -0.0489. The topological polar surface area (TPSA) is 71.1 Å². The molecule has 1 aromatic rings. The van der Waals surface area contributed by atoms with Crippen molar-refractivity contribution in [3.8, 4) is 0 Å². The maximum Gasteiger partial charge on any atom is 0.414 e. The first-order valence-corrected chi connectivity index (χ1v) is 8.80. The number of ether oxygens (including phenoxy) is 2. The number of hydrogen-bond donors (Lipinski definition) is 2. The van der Waals surface area contributed by atoms with Crippen LogP contribution in [0.15, 0.2) is 12.1 Å². The molecule has 26 heavy (non-hydrogen) atoms. The molecule has 1 atom stereocenters. The highest BCUT2D eigenvalue weighted by Gasteiger charge is 2.34. The zero-order valence-corrected chi connectivity index (χ0v) is 14.8. The Kier molecular flexibility index (Phi) is 5.82. The number of thiol groups is 1. The van der Waals surface area contributed by atoms with E-state index in [2.05, 4.69) is 17.9 Å². The number of nitrogens with zero attached hydrogens (tertiary/aromatic N) is 2. The predicted octanol–water partition coefficient (Wildman–Crippen LogP) is 1.17. The second-order valence-corrected chi connectivity index (χ2v) is 6.25. The summed E-state index contributed by atoms with van der Waals surface area (Å²) in [5.74, 6) is -1.78. The fraction of sp³-hybridized carbons (Fsp3) is 0.500. The van der Waals surface area contributed by atoms with Gasteiger partial charge in [-0.2, -0.15) is 12.6 Å². The van der Waals surface area contributed by atoms with Gasteiger partial charge in [-0.25, -0.2) is 13.6 Å². The number of carbonyl (C=O) groups is 2. The van der Waals surface area contributed by atoms with Gasteiger partial charge < -0.3 is 19.7 Å². The smallest absolute Gasteiger partial charge is 0.414 e. The summed E-state index contributed by atoms with van der Waals surface area (Å²) >= 11 is 3.84. The van der Waals surface area contributed by atoms with Gasteiger partial charge in [0.15, 0.2) is 11.6 Å². The van der Waals surface area contributed by atoms with E-state index >= 15 is 0 Å². The first kappa shape index (κ1) is 18.7. The summed E-state index contributed by atoms with van der Waals surface area (Å²) in [5, 5.41) is 2.56. The second-order valence-electron chi connectivity index (χ2n) is 5.94. The summed E-state index contributed by atoms with van der Waals surface area (Å²) in [4.78, 5) is 26.0. The third kappa shape index (κ3) is 4.01. The standard InChI is InChI=1S/C16H19F2N3O4S/c17-12-5-10(6-13(18)15(12)20-1-3-24-4-2-20)21-8-11(25-16(21)23)7-19-14(22)9-26/h5-6,11,26H,1-4,7-9H2,(H,19,22). The minimum Gasteiger partial charge on any atom is -0.442 e. The number of carbonyl (C=O) groups excluding carboxylic acids is 2. The van der Waals surface area contributed by atoms with Crippen LogP contribution in [0.5, 0.6) is 0 Å². The van der Waals surface area contributed by atoms with Crippen molar-refractivity contribution in [2.45, 2.75) is 6.10 Å². The second kappa shape index (κ2) is 8.09. The number of hydrogen-bond acceptors (Lipinski definition) is 6. The predicted molar refractivity (Wildman–Crippen MR) is 93.9 cm³/mol. The largest absolute Gasteiger partial charge is 0.442 e. The first-order chi connectivity index (χ1) is 12.5. The van der Waals surface area contributed by atoms with Gasteiger partial charge in [-0.1, -0.05) is 0 Å². The van der Waals surface area contributed by atoms with E-state index < -0.39 is 23.8 Å². The van der Waals surface area contributed by atoms with Crippen molar-refractivity contribution in [1.29, 1.82) is 0 Å². The molecule has 2 amide bonds. The first-order valence-electron chi connectivity index (χ1n) is 8.17. The molecule has 0 aromatic heterocycles. The number of morpholine rings is 1. The quantitative estimate of drug-likeness (QED) is 0.743. The van der Waals surface area contributed by atoms with Crippen molar-refractivity contribution in [2.24, 2.45) is 0 Å². The number of cyclic esters (lactones) is 1. The molecular formula is C16H19F2N3O4S. The maximum absolute atomic E-state index is 14.5. The maximum atomic E-state index is 14.5. The molecule has 1 unspecified atom stereocenters. The van der Waals surface area contributed by atoms with Crippen molar-refractivity contribution in [2.75, 3.05) is 54.9 Å². The van der Waals surface area contributed by atoms with Crippen LogP contribution in [0.25, 0.3) is 0 Å². The zero-order valence-electron chi connectivity index (χ0n) is 13.9. The minimum atomic E-state index is -0.749. The molecule has 1 N–H and O–H groups in total. The molecule has 1 aromatic carbocycles. The molecule has 0 radical (unpaired) electrons. The van der Waals surface area contributed by atoms with Crippen LogP contribution in [-0.2, 0) is 14.3 Å². The van der Waals surface area contributed by atoms with Gasteiger partial charge in [-0.15, -0.1) is 0 Å². The molecule has 10 heteroatoms. The third-order valence-electron chi connectivity index (χ3n) is 4.19. The molecule has 0 bridgehead atoms. The lowest BCUT2D eigenvalue weighted by Crippen LogP contribution is -2.37. The summed E-state index contributed by atoms with van der Waals surface area (Å²) < 4.78 is 39.3. The van der Waals surface area contributed by atoms with Crippen LogP contribution >= 0.6 is 12.6 Å². The molecule has 3 rings (SSSR count). The van der Waals surface area contributed by atoms with E-state index in [-0.39, 0.29) is 36.1 Å². The molecular weight excluding hydrogens is 368 g/mol. The van der Waals surface area contributed by atoms with Crippen molar-refractivity contribution in [1.82, 2.24) is 5.32 Å². The Bertz CT molecular complexity index is 677. The lowest BCUT2D eigenvalue weighted by Gasteiger charge is -2.29. The Morgan fingerprint density at radius 1 is 1.27 bits per heavy atom. The summed E-state index contributed by atoms with van der Waals surface area (Å²) in [6, 6.07) is 2.23. The highest BCUT2D eigenvalue weighted by molar-refractivity contribution is 7.81. The molecule has 2 heterocycles. The van der Waals surface area contributed by atoms with Crippen LogP contribution in [0.2, 0.25) is 0 Å². The van der Waals surface area contributed by atoms with Gasteiger partial charge >= 0.3 is 6.09 Å². The Balaban J connectivity index is 1.73. The highest BCUT2D eigenvalue weighted by Crippen LogP contribution is 2.31. The molecule has 0 spiro atoms. The average Bonchev–Trinajstić information content (AvgIpc) is 3.00. The summed E-state index contributed by atoms with van der Waals surface area (Å²) in [6.45, 7) is 1.79. The van der Waals surface area contributed by atoms with Gasteiger partial charge in [-0.3, -0.25) is 9.69 Å². The fourth-order valence-electron chi connectivity index (χ4n) is 2.92. The van der Waals surface area contributed by atoms with E-state index in [1.54, 1.807) is 4.90 Å². The molecule has 142 valence electrons. The van der Waals surface area contributed by atoms with Crippen molar-refractivity contribution < 1.29 is 27.8 Å². The molecule has 0 saturated carbocycles. The number of halogens is 2. The lowest BCUT2D eigenvalue weighted by molar-refractivity contribution is -0.118. The highest BCUT2D eigenvalue weighted by atomic mass is 32.1. The van der Waals surface area contributed by atoms with Crippen molar-refractivity contribution in [3.63, 3.8) is 0 Å². The molecule has 2 aliphatic heterocycles. The molecule has 2 fully saturated rings. The van der Waals surface area contributed by atoms with Gasteiger partial charge in [0.25, 0.3) is 0 Å². The SMILES string of the molecule is O=C(CS)NCC1CN(c2cc(F)c(N3CCOCC3)c(F)c2)C(=O)O1. The van der Waals surface area contributed by atoms with Crippen LogP contribution in [0.1, 0.15) is 0 Å². The van der Waals surface area contributed by atoms with Gasteiger partial charge in [0.05, 0.1) is 37.7 Å². The Labute approximate surface area is 154 Å². The lowest BCUT2D eigenvalue weighted by atomic mass is 10.2. The van der Waals surface area contributed by atoms with E-state index in [4.69, 9.17) is 9.47 Å². The monoisotopic (exact) mass is 387 g/mol. The number of benzene rings is 1. The van der Waals surface area contributed by atoms with Gasteiger partial charge in [-0.05, 0) is 0 Å². The number of amides is 2. The van der Waals surface area contributed by atoms with Crippen LogP contribution < -0.4 is 15.1 Å². The van der Waals surface area contributed by atoms with Gasteiger partial charge in [0.1, 0.15) is 11.8 Å². The van der Waals surface area contributed by atoms with Gasteiger partial charge in [0, 0.05) is 25.2 Å². The number of nitrogens with one attached hydrogen (secondary N) is 1. The summed E-state index contributed by atoms with van der Waals surface area (Å²) in [7, 11) is 0. The average molecular weight is 387 g/mol. The molecule has 2 saturated heterocycles. The van der Waals surface area contributed by atoms with E-state index in [0.717, 1.165) is 17.0 Å². The fourth-order valence-corrected chi connectivity index (χ4v) is 3.03. The van der Waals surface area contributed by atoms with Crippen molar-refractivity contribution >= 4 is 36.0 Å². The molecule has 2 aliphatic rings. The summed E-state index contributed by atoms with van der Waals surface area (Å²) in [6.07, 6.45) is -1.32. The zero-order chi connectivity index (χ0) is 18.7. The third-order valence-corrected chi connectivity index (χ3v) is 4.47. The number of anilines is 2. The van der Waals surface area contributed by atoms with E-state index in [1.165, 1.54) is 0 Å². The number of rotatable bonds is 5. The van der Waals surface area contributed by atoms with E-state index in [0.29, 0.717) is 26.3 Å². The Hall–Kier alpha value is -2.07. The van der Waals surface area contributed by atoms with Crippen LogP contribution in [0.3, 0.4) is 0 Å². The van der Waals surface area contributed by atoms with Crippen molar-refractivity contribution in [3.05, 3.63) is 23.8 Å². The van der Waals surface area contributed by atoms with Gasteiger partial charge in [0.2, 0.25) is 5.91 Å². The minimum absolute atomic E-state index is 0.0177. The van der Waals surface area contributed by atoms with E-state index in [9.17, 15) is 18.4 Å². The molecule has 0 aliphatic carbocycles. The normalized spacial score (nSPS) is 20.3. The van der Waals surface area contributed by atoms with Crippen LogP contribution in [0.4, 0.5) is 25.0 Å². The van der Waals surface area contributed by atoms with Crippen LogP contribution in [0, 0.1) is 11.6 Å². The van der Waals surface area contributed by atoms with E-state index in [1.807, 2.05) is 0 Å².